The van der Waals surface area contributed by atoms with Gasteiger partial charge in [-0.1, -0.05) is 12.7 Å². The molecular formula is C26H22F2N6. The topological polar surface area (TPSA) is 59.7 Å². The van der Waals surface area contributed by atoms with Crippen LogP contribution in [0, 0.1) is 11.6 Å². The number of hydrogen-bond acceptors (Lipinski definition) is 5. The normalized spacial score (nSPS) is 13.6. The van der Waals surface area contributed by atoms with E-state index in [1.807, 2.05) is 0 Å². The Morgan fingerprint density at radius 2 is 1.53 bits per heavy atom. The molecule has 0 saturated heterocycles. The van der Waals surface area contributed by atoms with Gasteiger partial charge in [-0.15, -0.1) is 0 Å². The van der Waals surface area contributed by atoms with Gasteiger partial charge in [0.1, 0.15) is 11.6 Å². The first-order valence-corrected chi connectivity index (χ1v) is 10.9. The summed E-state index contributed by atoms with van der Waals surface area (Å²) >= 11 is 0. The molecule has 2 aromatic heterocycles. The fourth-order valence-corrected chi connectivity index (χ4v) is 3.88. The summed E-state index contributed by atoms with van der Waals surface area (Å²) in [6.07, 6.45) is 6.42. The highest BCUT2D eigenvalue weighted by molar-refractivity contribution is 5.62. The first-order valence-electron chi connectivity index (χ1n) is 10.9. The van der Waals surface area contributed by atoms with E-state index in [0.29, 0.717) is 30.3 Å². The van der Waals surface area contributed by atoms with Crippen molar-refractivity contribution in [2.75, 3.05) is 13.1 Å². The zero-order chi connectivity index (χ0) is 23.5. The van der Waals surface area contributed by atoms with Crippen molar-refractivity contribution in [1.82, 2.24) is 29.6 Å². The van der Waals surface area contributed by atoms with Gasteiger partial charge in [-0.05, 0) is 66.6 Å². The lowest BCUT2D eigenvalue weighted by molar-refractivity contribution is 0.354. The summed E-state index contributed by atoms with van der Waals surface area (Å²) < 4.78 is 28.7. The highest BCUT2D eigenvalue weighted by Gasteiger charge is 2.19. The molecule has 1 aliphatic heterocycles. The number of rotatable bonds is 6. The maximum atomic E-state index is 13.5. The Bertz CT molecular complexity index is 1330. The maximum absolute atomic E-state index is 13.5. The monoisotopic (exact) mass is 456 g/mol. The van der Waals surface area contributed by atoms with Crippen LogP contribution < -0.4 is 0 Å². The molecule has 0 N–H and O–H groups in total. The van der Waals surface area contributed by atoms with E-state index < -0.39 is 0 Å². The summed E-state index contributed by atoms with van der Waals surface area (Å²) in [4.78, 5) is 15.5. The molecule has 3 heterocycles. The molecule has 0 fully saturated rings. The zero-order valence-corrected chi connectivity index (χ0v) is 18.4. The lowest BCUT2D eigenvalue weighted by Crippen LogP contribution is -2.30. The van der Waals surface area contributed by atoms with Crippen molar-refractivity contribution in [1.29, 1.82) is 0 Å². The van der Waals surface area contributed by atoms with Crippen molar-refractivity contribution in [3.05, 3.63) is 103 Å². The molecule has 1 aliphatic rings. The molecule has 0 aliphatic carbocycles. The van der Waals surface area contributed by atoms with Crippen LogP contribution in [0.5, 0.6) is 0 Å². The zero-order valence-electron chi connectivity index (χ0n) is 18.4. The molecule has 0 radical (unpaired) electrons. The van der Waals surface area contributed by atoms with Crippen molar-refractivity contribution in [3.63, 3.8) is 0 Å². The van der Waals surface area contributed by atoms with Gasteiger partial charge in [0.05, 0.1) is 6.54 Å². The van der Waals surface area contributed by atoms with Crippen LogP contribution >= 0.6 is 0 Å². The van der Waals surface area contributed by atoms with Gasteiger partial charge in [0.2, 0.25) is 0 Å². The van der Waals surface area contributed by atoms with Crippen LogP contribution in [-0.2, 0) is 6.54 Å². The molecule has 0 bridgehead atoms. The van der Waals surface area contributed by atoms with Crippen molar-refractivity contribution >= 4 is 5.57 Å². The van der Waals surface area contributed by atoms with E-state index in [4.69, 9.17) is 0 Å². The van der Waals surface area contributed by atoms with Gasteiger partial charge < -0.3 is 4.90 Å². The molecule has 2 aromatic carbocycles. The van der Waals surface area contributed by atoms with E-state index in [9.17, 15) is 8.78 Å². The van der Waals surface area contributed by atoms with Crippen molar-refractivity contribution in [2.45, 2.75) is 13.0 Å². The van der Waals surface area contributed by atoms with Gasteiger partial charge in [-0.25, -0.2) is 28.4 Å². The van der Waals surface area contributed by atoms with Crippen molar-refractivity contribution in [3.8, 4) is 22.8 Å². The van der Waals surface area contributed by atoms with E-state index in [0.717, 1.165) is 35.6 Å². The van der Waals surface area contributed by atoms with E-state index in [1.54, 1.807) is 47.4 Å². The Kier molecular flexibility index (Phi) is 5.95. The SMILES string of the molecule is C=C(Cn1nc(-c2ccc(F)cc2)nc1-c1ccc(F)cc1)N1CC=C(c2ncccn2)CC1. The first-order chi connectivity index (χ1) is 16.6. The average molecular weight is 457 g/mol. The summed E-state index contributed by atoms with van der Waals surface area (Å²) in [5.41, 5.74) is 3.43. The Morgan fingerprint density at radius 3 is 2.15 bits per heavy atom. The molecule has 8 heteroatoms. The summed E-state index contributed by atoms with van der Waals surface area (Å²) in [6, 6.07) is 14.0. The van der Waals surface area contributed by atoms with Gasteiger partial charge in [-0.3, -0.25) is 0 Å². The molecule has 0 unspecified atom stereocenters. The largest absolute Gasteiger partial charge is 0.370 e. The summed E-state index contributed by atoms with van der Waals surface area (Å²) in [5, 5.41) is 4.67. The third kappa shape index (κ3) is 4.61. The fourth-order valence-electron chi connectivity index (χ4n) is 3.88. The van der Waals surface area contributed by atoms with Crippen LogP contribution in [0.25, 0.3) is 28.3 Å². The van der Waals surface area contributed by atoms with Crippen molar-refractivity contribution < 1.29 is 8.78 Å². The van der Waals surface area contributed by atoms with Crippen molar-refractivity contribution in [2.24, 2.45) is 0 Å². The van der Waals surface area contributed by atoms with Gasteiger partial charge in [-0.2, -0.15) is 5.10 Å². The summed E-state index contributed by atoms with van der Waals surface area (Å²) in [5.74, 6) is 1.16. The minimum Gasteiger partial charge on any atom is -0.370 e. The predicted molar refractivity (Wildman–Crippen MR) is 126 cm³/mol. The van der Waals surface area contributed by atoms with E-state index >= 15 is 0 Å². The molecule has 170 valence electrons. The summed E-state index contributed by atoms with van der Waals surface area (Å²) in [6.45, 7) is 6.17. The van der Waals surface area contributed by atoms with Crippen LogP contribution in [-0.4, -0.2) is 42.7 Å². The van der Waals surface area contributed by atoms with Crippen LogP contribution in [0.2, 0.25) is 0 Å². The van der Waals surface area contributed by atoms with Crippen LogP contribution in [0.3, 0.4) is 0 Å². The van der Waals surface area contributed by atoms with Gasteiger partial charge in [0, 0.05) is 42.3 Å². The second kappa shape index (κ2) is 9.35. The smallest absolute Gasteiger partial charge is 0.181 e. The van der Waals surface area contributed by atoms with E-state index in [2.05, 4.69) is 37.6 Å². The number of benzene rings is 2. The number of allylic oxidation sites excluding steroid dienone is 1. The standard InChI is InChI=1S/C26H22F2N6/c1-18(33-15-11-20(12-16-33)24-29-13-2-14-30-24)17-34-26(21-5-9-23(28)10-6-21)31-25(32-34)19-3-7-22(27)8-4-19/h2-11,13-14H,1,12,15-17H2. The number of aromatic nitrogens is 5. The molecule has 0 atom stereocenters. The second-order valence-corrected chi connectivity index (χ2v) is 7.99. The molecule has 5 rings (SSSR count). The highest BCUT2D eigenvalue weighted by Crippen LogP contribution is 2.26. The number of nitrogens with zero attached hydrogens (tertiary/aromatic N) is 6. The maximum Gasteiger partial charge on any atom is 0.181 e. The van der Waals surface area contributed by atoms with Crippen LogP contribution in [0.1, 0.15) is 12.2 Å². The molecule has 4 aromatic rings. The Balaban J connectivity index is 1.40. The molecule has 0 saturated carbocycles. The molecule has 0 spiro atoms. The third-order valence-electron chi connectivity index (χ3n) is 5.72. The minimum absolute atomic E-state index is 0.323. The lowest BCUT2D eigenvalue weighted by atomic mass is 10.1. The average Bonchev–Trinajstić information content (AvgIpc) is 3.29. The number of halogens is 2. The molecule has 0 amide bonds. The van der Waals surface area contributed by atoms with Gasteiger partial charge in [0.15, 0.2) is 17.5 Å². The Labute approximate surface area is 195 Å². The quantitative estimate of drug-likeness (QED) is 0.409. The second-order valence-electron chi connectivity index (χ2n) is 7.99. The Hall–Kier alpha value is -4.20. The van der Waals surface area contributed by atoms with Crippen LogP contribution in [0.15, 0.2) is 85.3 Å². The fraction of sp³-hybridized carbons (Fsp3) is 0.154. The summed E-state index contributed by atoms with van der Waals surface area (Å²) in [7, 11) is 0. The first kappa shape index (κ1) is 21.6. The minimum atomic E-state index is -0.325. The van der Waals surface area contributed by atoms with Gasteiger partial charge >= 0.3 is 0 Å². The van der Waals surface area contributed by atoms with E-state index in [-0.39, 0.29) is 11.6 Å². The Morgan fingerprint density at radius 1 is 0.882 bits per heavy atom. The molecule has 34 heavy (non-hydrogen) atoms. The predicted octanol–water partition coefficient (Wildman–Crippen LogP) is 4.98. The number of hydrogen-bond donors (Lipinski definition) is 0. The molecule has 6 nitrogen and oxygen atoms in total. The van der Waals surface area contributed by atoms with Gasteiger partial charge in [0.25, 0.3) is 0 Å². The van der Waals surface area contributed by atoms with Crippen LogP contribution in [0.4, 0.5) is 8.78 Å². The lowest BCUT2D eigenvalue weighted by Gasteiger charge is -2.29. The highest BCUT2D eigenvalue weighted by atomic mass is 19.1. The van der Waals surface area contributed by atoms with E-state index in [1.165, 1.54) is 24.3 Å². The third-order valence-corrected chi connectivity index (χ3v) is 5.72. The molecular weight excluding hydrogens is 434 g/mol.